The van der Waals surface area contributed by atoms with Crippen molar-refractivity contribution in [3.05, 3.63) is 53.5 Å². The van der Waals surface area contributed by atoms with Gasteiger partial charge in [0.25, 0.3) is 11.8 Å². The zero-order valence-corrected chi connectivity index (χ0v) is 23.6. The second kappa shape index (κ2) is 11.2. The molecule has 5 rings (SSSR count). The molecular formula is C30H40N6O4. The van der Waals surface area contributed by atoms with Crippen molar-refractivity contribution in [1.29, 1.82) is 0 Å². The van der Waals surface area contributed by atoms with Crippen molar-refractivity contribution in [2.75, 3.05) is 25.0 Å². The molecule has 2 amide bonds. The van der Waals surface area contributed by atoms with Gasteiger partial charge in [0.2, 0.25) is 5.78 Å². The topological polar surface area (TPSA) is 137 Å². The van der Waals surface area contributed by atoms with Gasteiger partial charge in [0, 0.05) is 49.7 Å². The largest absolute Gasteiger partial charge is 0.390 e. The molecule has 40 heavy (non-hydrogen) atoms. The van der Waals surface area contributed by atoms with Gasteiger partial charge >= 0.3 is 0 Å². The molecule has 4 N–H and O–H groups in total. The molecule has 1 aromatic carbocycles. The van der Waals surface area contributed by atoms with E-state index in [0.717, 1.165) is 45.2 Å². The van der Waals surface area contributed by atoms with Crippen LogP contribution in [0.3, 0.4) is 0 Å². The Labute approximate surface area is 235 Å². The highest BCUT2D eigenvalue weighted by atomic mass is 16.3. The minimum absolute atomic E-state index is 0.0511. The number of anilines is 1. The molecule has 0 radical (unpaired) electrons. The minimum atomic E-state index is -0.678. The molecule has 2 fully saturated rings. The first-order valence-corrected chi connectivity index (χ1v) is 14.2. The van der Waals surface area contributed by atoms with Crippen LogP contribution in [0.15, 0.2) is 36.7 Å². The standard InChI is InChI=1S/C30H40N6O4/c1-29(2,3)26(38)28(40)35-22-13-30(14-22)11-21(12-30)34-25-10-24(32-18-33-25)27(39)31-15-23(37)17-36-9-8-19-6-4-5-7-20(19)16-36/h4-7,10,18,21-23,37H,8-9,11-17H2,1-3H3,(H,31,39)(H,35,40)(H,32,33,34)/t21?,22?,23-,30?/m0/s1. The highest BCUT2D eigenvalue weighted by Crippen LogP contribution is 2.56. The van der Waals surface area contributed by atoms with Crippen LogP contribution in [0.2, 0.25) is 0 Å². The second-order valence-corrected chi connectivity index (χ2v) is 12.8. The summed E-state index contributed by atoms with van der Waals surface area (Å²) in [6, 6.07) is 10.3. The molecule has 10 nitrogen and oxygen atoms in total. The Kier molecular flexibility index (Phi) is 7.92. The van der Waals surface area contributed by atoms with Crippen molar-refractivity contribution >= 4 is 23.4 Å². The zero-order valence-electron chi connectivity index (χ0n) is 23.6. The van der Waals surface area contributed by atoms with E-state index in [-0.39, 0.29) is 41.4 Å². The summed E-state index contributed by atoms with van der Waals surface area (Å²) in [5, 5.41) is 19.6. The number of benzene rings is 1. The molecule has 0 bridgehead atoms. The summed E-state index contributed by atoms with van der Waals surface area (Å²) in [5.74, 6) is -0.626. The number of aromatic nitrogens is 2. The smallest absolute Gasteiger partial charge is 0.288 e. The number of β-amino-alcohol motifs (C(OH)–C–C–N with tert-alkyl or cyclic N) is 1. The molecule has 0 saturated heterocycles. The summed E-state index contributed by atoms with van der Waals surface area (Å²) >= 11 is 0. The predicted octanol–water partition coefficient (Wildman–Crippen LogP) is 2.08. The fourth-order valence-electron chi connectivity index (χ4n) is 6.24. The van der Waals surface area contributed by atoms with Gasteiger partial charge in [-0.25, -0.2) is 9.97 Å². The Morgan fingerprint density at radius 3 is 2.50 bits per heavy atom. The van der Waals surface area contributed by atoms with Gasteiger partial charge in [-0.1, -0.05) is 45.0 Å². The highest BCUT2D eigenvalue weighted by Gasteiger charge is 2.53. The fourth-order valence-corrected chi connectivity index (χ4v) is 6.24. The Morgan fingerprint density at radius 1 is 1.07 bits per heavy atom. The van der Waals surface area contributed by atoms with E-state index in [0.29, 0.717) is 12.4 Å². The molecule has 1 aliphatic heterocycles. The number of hydrogen-bond donors (Lipinski definition) is 4. The summed E-state index contributed by atoms with van der Waals surface area (Å²) in [4.78, 5) is 47.6. The number of carbonyl (C=O) groups excluding carboxylic acids is 3. The second-order valence-electron chi connectivity index (χ2n) is 12.8. The van der Waals surface area contributed by atoms with Crippen LogP contribution < -0.4 is 16.0 Å². The third-order valence-corrected chi connectivity index (χ3v) is 8.37. The van der Waals surface area contributed by atoms with Crippen LogP contribution in [-0.2, 0) is 22.6 Å². The summed E-state index contributed by atoms with van der Waals surface area (Å²) in [7, 11) is 0. The molecule has 3 aliphatic rings. The molecule has 2 saturated carbocycles. The van der Waals surface area contributed by atoms with Gasteiger partial charge in [-0.2, -0.15) is 0 Å². The van der Waals surface area contributed by atoms with Crippen LogP contribution >= 0.6 is 0 Å². The van der Waals surface area contributed by atoms with E-state index < -0.39 is 17.4 Å². The highest BCUT2D eigenvalue weighted by molar-refractivity contribution is 6.38. The van der Waals surface area contributed by atoms with Crippen LogP contribution in [-0.4, -0.2) is 75.4 Å². The number of aliphatic hydroxyl groups excluding tert-OH is 1. The van der Waals surface area contributed by atoms with Crippen LogP contribution in [0.4, 0.5) is 5.82 Å². The molecule has 214 valence electrons. The predicted molar refractivity (Wildman–Crippen MR) is 150 cm³/mol. The van der Waals surface area contributed by atoms with E-state index in [1.165, 1.54) is 17.5 Å². The number of fused-ring (bicyclic) bond motifs is 1. The van der Waals surface area contributed by atoms with Crippen molar-refractivity contribution < 1.29 is 19.5 Å². The molecule has 0 unspecified atom stereocenters. The lowest BCUT2D eigenvalue weighted by Crippen LogP contribution is -2.60. The summed E-state index contributed by atoms with van der Waals surface area (Å²) in [6.07, 6.45) is 5.30. The average molecular weight is 549 g/mol. The Balaban J connectivity index is 1.02. The number of ketones is 1. The molecule has 1 aromatic heterocycles. The van der Waals surface area contributed by atoms with Crippen LogP contribution in [0.1, 0.15) is 68.1 Å². The van der Waals surface area contributed by atoms with Crippen molar-refractivity contribution in [3.8, 4) is 0 Å². The van der Waals surface area contributed by atoms with Gasteiger partial charge in [0.15, 0.2) is 0 Å². The number of rotatable bonds is 9. The molecule has 10 heteroatoms. The lowest BCUT2D eigenvalue weighted by atomic mass is 9.52. The van der Waals surface area contributed by atoms with Gasteiger partial charge in [0.05, 0.1) is 6.10 Å². The van der Waals surface area contributed by atoms with Gasteiger partial charge in [-0.05, 0) is 48.6 Å². The molecular weight excluding hydrogens is 508 g/mol. The molecule has 2 heterocycles. The first-order chi connectivity index (χ1) is 19.0. The minimum Gasteiger partial charge on any atom is -0.390 e. The quantitative estimate of drug-likeness (QED) is 0.350. The number of hydrogen-bond acceptors (Lipinski definition) is 8. The summed E-state index contributed by atoms with van der Waals surface area (Å²) in [5.41, 5.74) is 2.42. The average Bonchev–Trinajstić information content (AvgIpc) is 2.88. The van der Waals surface area contributed by atoms with E-state index >= 15 is 0 Å². The van der Waals surface area contributed by atoms with Crippen molar-refractivity contribution in [3.63, 3.8) is 0 Å². The van der Waals surface area contributed by atoms with Crippen LogP contribution in [0, 0.1) is 10.8 Å². The van der Waals surface area contributed by atoms with E-state index in [1.807, 2.05) is 6.07 Å². The van der Waals surface area contributed by atoms with Gasteiger partial charge in [-0.3, -0.25) is 19.3 Å². The summed E-state index contributed by atoms with van der Waals surface area (Å²) in [6.45, 7) is 7.58. The first-order valence-electron chi connectivity index (χ1n) is 14.2. The number of aliphatic hydroxyl groups is 1. The molecule has 2 aromatic rings. The van der Waals surface area contributed by atoms with Crippen molar-refractivity contribution in [2.45, 2.75) is 77.6 Å². The molecule has 1 spiro atoms. The van der Waals surface area contributed by atoms with Gasteiger partial charge < -0.3 is 21.1 Å². The van der Waals surface area contributed by atoms with Crippen LogP contribution in [0.25, 0.3) is 0 Å². The molecule has 1 atom stereocenters. The van der Waals surface area contributed by atoms with E-state index in [9.17, 15) is 19.5 Å². The van der Waals surface area contributed by atoms with Crippen molar-refractivity contribution in [2.24, 2.45) is 10.8 Å². The van der Waals surface area contributed by atoms with E-state index in [1.54, 1.807) is 26.8 Å². The maximum absolute atomic E-state index is 12.7. The maximum atomic E-state index is 12.7. The monoisotopic (exact) mass is 548 g/mol. The Bertz CT molecular complexity index is 1260. The SMILES string of the molecule is CC(C)(C)C(=O)C(=O)NC1CC2(C1)CC(Nc1cc(C(=O)NC[C@H](O)CN3CCc4ccccc4C3)ncn1)C2. The third-order valence-electron chi connectivity index (χ3n) is 8.37. The Hall–Kier alpha value is -3.37. The van der Waals surface area contributed by atoms with E-state index in [4.69, 9.17) is 0 Å². The third kappa shape index (κ3) is 6.50. The number of nitrogens with zero attached hydrogens (tertiary/aromatic N) is 3. The van der Waals surface area contributed by atoms with Crippen molar-refractivity contribution in [1.82, 2.24) is 25.5 Å². The van der Waals surface area contributed by atoms with Gasteiger partial charge in [0.1, 0.15) is 17.8 Å². The zero-order chi connectivity index (χ0) is 28.5. The lowest BCUT2D eigenvalue weighted by molar-refractivity contribution is -0.144. The summed E-state index contributed by atoms with van der Waals surface area (Å²) < 4.78 is 0. The van der Waals surface area contributed by atoms with Gasteiger partial charge in [-0.15, -0.1) is 0 Å². The maximum Gasteiger partial charge on any atom is 0.288 e. The Morgan fingerprint density at radius 2 is 1.77 bits per heavy atom. The molecule has 2 aliphatic carbocycles. The fraction of sp³-hybridized carbons (Fsp3) is 0.567. The lowest BCUT2D eigenvalue weighted by Gasteiger charge is -2.57. The first kappa shape index (κ1) is 28.2. The number of Topliss-reactive ketones (excluding diaryl/α,β-unsaturated/α-hetero) is 1. The number of amides is 2. The van der Waals surface area contributed by atoms with E-state index in [2.05, 4.69) is 49.0 Å². The number of carbonyl (C=O) groups is 3. The van der Waals surface area contributed by atoms with Crippen LogP contribution in [0.5, 0.6) is 0 Å². The number of nitrogens with one attached hydrogen (secondary N) is 3. The normalized spacial score (nSPS) is 24.7.